The zero-order chi connectivity index (χ0) is 16.9. The number of hydrogen-bond acceptors (Lipinski definition) is 2. The molecule has 1 aromatic heterocycles. The van der Waals surface area contributed by atoms with E-state index in [2.05, 4.69) is 0 Å². The first-order valence-electron chi connectivity index (χ1n) is 7.70. The van der Waals surface area contributed by atoms with Crippen LogP contribution in [0.3, 0.4) is 0 Å². The minimum absolute atomic E-state index is 0.0992. The lowest BCUT2D eigenvalue weighted by Crippen LogP contribution is -2.18. The average molecular weight is 323 g/mol. The molecule has 0 saturated heterocycles. The summed E-state index contributed by atoms with van der Waals surface area (Å²) < 4.78 is 22.2. The summed E-state index contributed by atoms with van der Waals surface area (Å²) >= 11 is 0. The van der Waals surface area contributed by atoms with E-state index in [0.29, 0.717) is 11.3 Å². The Balaban J connectivity index is 2.03. The van der Waals surface area contributed by atoms with Gasteiger partial charge in [0.25, 0.3) is 0 Å². The van der Waals surface area contributed by atoms with Gasteiger partial charge in [0.05, 0.1) is 13.2 Å². The molecule has 0 fully saturated rings. The molecule has 3 aromatic rings. The number of pyridine rings is 1. The number of rotatable bonds is 5. The molecule has 24 heavy (non-hydrogen) atoms. The van der Waals surface area contributed by atoms with Crippen LogP contribution in [0.1, 0.15) is 23.3 Å². The van der Waals surface area contributed by atoms with Crippen molar-refractivity contribution in [2.75, 3.05) is 7.11 Å². The van der Waals surface area contributed by atoms with E-state index in [0.717, 1.165) is 5.56 Å². The van der Waals surface area contributed by atoms with Crippen molar-refractivity contribution in [2.45, 2.75) is 12.2 Å². The van der Waals surface area contributed by atoms with Gasteiger partial charge in [-0.2, -0.15) is 0 Å². The van der Waals surface area contributed by atoms with E-state index in [-0.39, 0.29) is 5.43 Å². The van der Waals surface area contributed by atoms with Crippen LogP contribution in [0.5, 0.6) is 5.75 Å². The molecule has 3 nitrogen and oxygen atoms in total. The molecule has 0 amide bonds. The molecular weight excluding hydrogens is 305 g/mol. The quantitative estimate of drug-likeness (QED) is 0.706. The van der Waals surface area contributed by atoms with E-state index in [1.807, 2.05) is 30.3 Å². The van der Waals surface area contributed by atoms with Gasteiger partial charge in [-0.15, -0.1) is 0 Å². The molecular formula is C20H18FNO2. The Hall–Kier alpha value is -2.88. The fourth-order valence-corrected chi connectivity index (χ4v) is 2.72. The molecule has 2 aromatic carbocycles. The fraction of sp³-hybridized carbons (Fsp3) is 0.150. The van der Waals surface area contributed by atoms with Crippen molar-refractivity contribution < 1.29 is 9.13 Å². The van der Waals surface area contributed by atoms with Crippen LogP contribution >= 0.6 is 0 Å². The highest BCUT2D eigenvalue weighted by Gasteiger charge is 2.25. The second-order valence-corrected chi connectivity index (χ2v) is 5.51. The monoisotopic (exact) mass is 323 g/mol. The van der Waals surface area contributed by atoms with E-state index in [1.54, 1.807) is 48.3 Å². The predicted octanol–water partition coefficient (Wildman–Crippen LogP) is 4.16. The first kappa shape index (κ1) is 16.0. The fourth-order valence-electron chi connectivity index (χ4n) is 2.72. The third-order valence-electron chi connectivity index (χ3n) is 4.00. The number of aromatic nitrogens is 1. The number of hydrogen-bond donors (Lipinski definition) is 0. The summed E-state index contributed by atoms with van der Waals surface area (Å²) in [4.78, 5) is 11.4. The van der Waals surface area contributed by atoms with Crippen LogP contribution in [0.15, 0.2) is 83.9 Å². The predicted molar refractivity (Wildman–Crippen MR) is 92.1 cm³/mol. The summed E-state index contributed by atoms with van der Waals surface area (Å²) in [6.45, 7) is 0. The Morgan fingerprint density at radius 1 is 0.875 bits per heavy atom. The van der Waals surface area contributed by atoms with Gasteiger partial charge in [0.2, 0.25) is 0 Å². The van der Waals surface area contributed by atoms with Gasteiger partial charge in [-0.3, -0.25) is 4.79 Å². The Bertz CT molecular complexity index is 823. The van der Waals surface area contributed by atoms with E-state index in [1.165, 1.54) is 12.1 Å². The number of ether oxygens (including phenoxy) is 1. The maximum absolute atomic E-state index is 15.4. The summed E-state index contributed by atoms with van der Waals surface area (Å²) in [5.74, 6) is 0.686. The molecule has 122 valence electrons. The number of methoxy groups -OCH3 is 1. The average Bonchev–Trinajstić information content (AvgIpc) is 2.64. The van der Waals surface area contributed by atoms with Crippen LogP contribution in [0.25, 0.3) is 0 Å². The van der Waals surface area contributed by atoms with Crippen LogP contribution in [0.4, 0.5) is 4.39 Å². The summed E-state index contributed by atoms with van der Waals surface area (Å²) in [5, 5.41) is 0. The maximum Gasteiger partial charge on any atom is 0.181 e. The number of nitrogens with zero attached hydrogens (tertiary/aromatic N) is 1. The zero-order valence-electron chi connectivity index (χ0n) is 13.3. The largest absolute Gasteiger partial charge is 0.497 e. The first-order chi connectivity index (χ1) is 11.7. The second kappa shape index (κ2) is 7.13. The van der Waals surface area contributed by atoms with E-state index >= 15 is 4.39 Å². The standard InChI is InChI=1S/C20H18FNO2/c1-24-18-9-7-15(8-10-18)19(21)20(16-5-3-2-4-6-16)22-13-11-17(23)12-14-22/h2-14,19-20H,1H3. The van der Waals surface area contributed by atoms with Gasteiger partial charge >= 0.3 is 0 Å². The van der Waals surface area contributed by atoms with Gasteiger partial charge in [0.1, 0.15) is 11.9 Å². The summed E-state index contributed by atoms with van der Waals surface area (Å²) in [6.07, 6.45) is 1.98. The Kier molecular flexibility index (Phi) is 4.75. The Labute approximate surface area is 140 Å². The van der Waals surface area contributed by atoms with Crippen molar-refractivity contribution >= 4 is 0 Å². The van der Waals surface area contributed by atoms with Crippen molar-refractivity contribution in [3.05, 3.63) is 100 Å². The number of alkyl halides is 1. The molecule has 0 bridgehead atoms. The number of benzene rings is 2. The molecule has 3 rings (SSSR count). The van der Waals surface area contributed by atoms with Crippen molar-refractivity contribution in [3.63, 3.8) is 0 Å². The van der Waals surface area contributed by atoms with Crippen LogP contribution < -0.4 is 10.2 Å². The van der Waals surface area contributed by atoms with Crippen molar-refractivity contribution in [1.29, 1.82) is 0 Å². The molecule has 0 aliphatic rings. The van der Waals surface area contributed by atoms with E-state index in [9.17, 15) is 4.79 Å². The lowest BCUT2D eigenvalue weighted by atomic mass is 9.96. The van der Waals surface area contributed by atoms with Gasteiger partial charge < -0.3 is 9.30 Å². The smallest absolute Gasteiger partial charge is 0.181 e. The SMILES string of the molecule is COc1ccc(C(F)C(c2ccccc2)n2ccc(=O)cc2)cc1. The molecule has 0 radical (unpaired) electrons. The van der Waals surface area contributed by atoms with Crippen molar-refractivity contribution in [3.8, 4) is 5.75 Å². The summed E-state index contributed by atoms with van der Waals surface area (Å²) in [6, 6.07) is 18.7. The lowest BCUT2D eigenvalue weighted by molar-refractivity contribution is 0.262. The molecule has 0 aliphatic carbocycles. The normalized spacial score (nSPS) is 13.2. The van der Waals surface area contributed by atoms with Crippen LogP contribution in [-0.2, 0) is 0 Å². The zero-order valence-corrected chi connectivity index (χ0v) is 13.3. The van der Waals surface area contributed by atoms with Crippen molar-refractivity contribution in [1.82, 2.24) is 4.57 Å². The van der Waals surface area contributed by atoms with E-state index in [4.69, 9.17) is 4.74 Å². The highest BCUT2D eigenvalue weighted by molar-refractivity contribution is 5.32. The molecule has 0 N–H and O–H groups in total. The van der Waals surface area contributed by atoms with Gasteiger partial charge in [0, 0.05) is 24.5 Å². The molecule has 0 saturated carbocycles. The third-order valence-corrected chi connectivity index (χ3v) is 4.00. The molecule has 2 atom stereocenters. The Morgan fingerprint density at radius 3 is 2.08 bits per heavy atom. The number of halogens is 1. The lowest BCUT2D eigenvalue weighted by Gasteiger charge is -2.25. The minimum atomic E-state index is -1.26. The van der Waals surface area contributed by atoms with E-state index < -0.39 is 12.2 Å². The van der Waals surface area contributed by atoms with Gasteiger partial charge in [0.15, 0.2) is 5.43 Å². The minimum Gasteiger partial charge on any atom is -0.497 e. The molecule has 0 spiro atoms. The van der Waals surface area contributed by atoms with Gasteiger partial charge in [-0.05, 0) is 23.3 Å². The third kappa shape index (κ3) is 3.38. The van der Waals surface area contributed by atoms with Crippen molar-refractivity contribution in [2.24, 2.45) is 0 Å². The summed E-state index contributed by atoms with van der Waals surface area (Å²) in [7, 11) is 1.58. The Morgan fingerprint density at radius 2 is 1.50 bits per heavy atom. The second-order valence-electron chi connectivity index (χ2n) is 5.51. The molecule has 2 unspecified atom stereocenters. The first-order valence-corrected chi connectivity index (χ1v) is 7.70. The maximum atomic E-state index is 15.4. The van der Waals surface area contributed by atoms with Crippen LogP contribution in [0.2, 0.25) is 0 Å². The van der Waals surface area contributed by atoms with Crippen LogP contribution in [0, 0.1) is 0 Å². The topological polar surface area (TPSA) is 31.2 Å². The highest BCUT2D eigenvalue weighted by Crippen LogP contribution is 2.35. The molecule has 4 heteroatoms. The van der Waals surface area contributed by atoms with Gasteiger partial charge in [-0.25, -0.2) is 4.39 Å². The highest BCUT2D eigenvalue weighted by atomic mass is 19.1. The molecule has 1 heterocycles. The summed E-state index contributed by atoms with van der Waals surface area (Å²) in [5.41, 5.74) is 1.30. The molecule has 0 aliphatic heterocycles. The van der Waals surface area contributed by atoms with Gasteiger partial charge in [-0.1, -0.05) is 42.5 Å². The van der Waals surface area contributed by atoms with Crippen LogP contribution in [-0.4, -0.2) is 11.7 Å².